The average molecular weight is 376 g/mol. The molecule has 2 N–H and O–H groups in total. The van der Waals surface area contributed by atoms with Gasteiger partial charge in [-0.2, -0.15) is 0 Å². The zero-order valence-corrected chi connectivity index (χ0v) is 14.2. The van der Waals surface area contributed by atoms with Gasteiger partial charge in [0.25, 0.3) is 10.0 Å². The lowest BCUT2D eigenvalue weighted by Gasteiger charge is -2.08. The zero-order chi connectivity index (χ0) is 14.8. The third-order valence-electron chi connectivity index (χ3n) is 2.57. The highest BCUT2D eigenvalue weighted by atomic mass is 79.9. The lowest BCUT2D eigenvalue weighted by Crippen LogP contribution is -2.14. The standard InChI is InChI=1S/C12H14BrN3O2S2/c1-8-3-9(13)5-15-12(8)16-20(17,18)11-4-10(6-14-2)19-7-11/h3-5,7,14H,6H2,1-2H3,(H,15,16). The Labute approximate surface area is 130 Å². The minimum absolute atomic E-state index is 0.261. The number of hydrogen-bond donors (Lipinski definition) is 2. The number of pyridine rings is 1. The molecule has 2 rings (SSSR count). The quantitative estimate of drug-likeness (QED) is 0.842. The fourth-order valence-electron chi connectivity index (χ4n) is 1.60. The van der Waals surface area contributed by atoms with Gasteiger partial charge in [-0.25, -0.2) is 13.4 Å². The van der Waals surface area contributed by atoms with Crippen LogP contribution in [0.3, 0.4) is 0 Å². The van der Waals surface area contributed by atoms with E-state index in [2.05, 4.69) is 31.0 Å². The summed E-state index contributed by atoms with van der Waals surface area (Å²) in [4.78, 5) is 5.31. The number of sulfonamides is 1. The van der Waals surface area contributed by atoms with Crippen LogP contribution >= 0.6 is 27.3 Å². The van der Waals surface area contributed by atoms with Crippen LogP contribution in [-0.2, 0) is 16.6 Å². The molecule has 0 fully saturated rings. The normalized spacial score (nSPS) is 11.6. The van der Waals surface area contributed by atoms with Crippen LogP contribution in [0.25, 0.3) is 0 Å². The van der Waals surface area contributed by atoms with Gasteiger partial charge < -0.3 is 5.32 Å². The van der Waals surface area contributed by atoms with Gasteiger partial charge >= 0.3 is 0 Å². The Hall–Kier alpha value is -0.960. The Morgan fingerprint density at radius 2 is 2.15 bits per heavy atom. The van der Waals surface area contributed by atoms with E-state index in [1.807, 2.05) is 13.1 Å². The number of thiophene rings is 1. The molecule has 0 amide bonds. The maximum Gasteiger partial charge on any atom is 0.263 e. The summed E-state index contributed by atoms with van der Waals surface area (Å²) in [7, 11) is -1.77. The van der Waals surface area contributed by atoms with Crippen LogP contribution in [0.5, 0.6) is 0 Å². The van der Waals surface area contributed by atoms with Gasteiger partial charge in [-0.1, -0.05) is 0 Å². The first-order valence-electron chi connectivity index (χ1n) is 5.79. The first kappa shape index (κ1) is 15.4. The number of anilines is 1. The molecule has 5 nitrogen and oxygen atoms in total. The van der Waals surface area contributed by atoms with Gasteiger partial charge in [0.15, 0.2) is 0 Å². The van der Waals surface area contributed by atoms with E-state index in [4.69, 9.17) is 0 Å². The summed E-state index contributed by atoms with van der Waals surface area (Å²) in [6, 6.07) is 3.47. The fourth-order valence-corrected chi connectivity index (χ4v) is 4.42. The number of nitrogens with zero attached hydrogens (tertiary/aromatic N) is 1. The average Bonchev–Trinajstić information content (AvgIpc) is 2.83. The van der Waals surface area contributed by atoms with E-state index in [0.717, 1.165) is 14.9 Å². The lowest BCUT2D eigenvalue weighted by atomic mass is 10.3. The molecule has 0 bridgehead atoms. The smallest absolute Gasteiger partial charge is 0.263 e. The molecular formula is C12H14BrN3O2S2. The Kier molecular flexibility index (Phi) is 4.79. The molecule has 0 aliphatic rings. The summed E-state index contributed by atoms with van der Waals surface area (Å²) in [5, 5.41) is 4.62. The molecule has 0 spiro atoms. The molecule has 0 atom stereocenters. The molecule has 2 heterocycles. The van der Waals surface area contributed by atoms with Gasteiger partial charge in [0.2, 0.25) is 0 Å². The Bertz CT molecular complexity index is 713. The molecule has 0 radical (unpaired) electrons. The summed E-state index contributed by atoms with van der Waals surface area (Å²) in [6.07, 6.45) is 1.56. The van der Waals surface area contributed by atoms with Crippen molar-refractivity contribution in [3.8, 4) is 0 Å². The van der Waals surface area contributed by atoms with E-state index in [0.29, 0.717) is 12.4 Å². The van der Waals surface area contributed by atoms with Crippen molar-refractivity contribution in [1.29, 1.82) is 0 Å². The van der Waals surface area contributed by atoms with E-state index in [9.17, 15) is 8.42 Å². The maximum absolute atomic E-state index is 12.3. The summed E-state index contributed by atoms with van der Waals surface area (Å²) in [6.45, 7) is 2.45. The highest BCUT2D eigenvalue weighted by Gasteiger charge is 2.18. The third kappa shape index (κ3) is 3.57. The second kappa shape index (κ2) is 6.21. The number of aromatic nitrogens is 1. The van der Waals surface area contributed by atoms with Gasteiger partial charge in [0.1, 0.15) is 5.82 Å². The minimum atomic E-state index is -3.59. The maximum atomic E-state index is 12.3. The van der Waals surface area contributed by atoms with Crippen LogP contribution in [0, 0.1) is 6.92 Å². The predicted molar refractivity (Wildman–Crippen MR) is 84.6 cm³/mol. The van der Waals surface area contributed by atoms with E-state index >= 15 is 0 Å². The van der Waals surface area contributed by atoms with Crippen molar-refractivity contribution < 1.29 is 8.42 Å². The molecule has 8 heteroatoms. The van der Waals surface area contributed by atoms with Gasteiger partial charge in [0.05, 0.1) is 4.90 Å². The molecule has 0 saturated carbocycles. The van der Waals surface area contributed by atoms with Gasteiger partial charge in [-0.3, -0.25) is 4.72 Å². The monoisotopic (exact) mass is 375 g/mol. The van der Waals surface area contributed by atoms with Crippen molar-refractivity contribution in [3.05, 3.63) is 38.6 Å². The van der Waals surface area contributed by atoms with Crippen molar-refractivity contribution in [2.45, 2.75) is 18.4 Å². The number of hydrogen-bond acceptors (Lipinski definition) is 5. The number of aryl methyl sites for hydroxylation is 1. The van der Waals surface area contributed by atoms with E-state index in [1.165, 1.54) is 11.3 Å². The van der Waals surface area contributed by atoms with Crippen molar-refractivity contribution in [3.63, 3.8) is 0 Å². The van der Waals surface area contributed by atoms with Crippen molar-refractivity contribution in [2.24, 2.45) is 0 Å². The Balaban J connectivity index is 2.26. The topological polar surface area (TPSA) is 71.1 Å². The highest BCUT2D eigenvalue weighted by Crippen LogP contribution is 2.23. The number of nitrogens with one attached hydrogen (secondary N) is 2. The van der Waals surface area contributed by atoms with E-state index in [1.54, 1.807) is 24.6 Å². The Morgan fingerprint density at radius 1 is 1.40 bits per heavy atom. The highest BCUT2D eigenvalue weighted by molar-refractivity contribution is 9.10. The van der Waals surface area contributed by atoms with E-state index < -0.39 is 10.0 Å². The molecule has 2 aromatic rings. The largest absolute Gasteiger partial charge is 0.315 e. The molecule has 0 saturated heterocycles. The van der Waals surface area contributed by atoms with Crippen LogP contribution < -0.4 is 10.0 Å². The van der Waals surface area contributed by atoms with Crippen LogP contribution in [0.15, 0.2) is 33.1 Å². The number of rotatable bonds is 5. The van der Waals surface area contributed by atoms with Crippen LogP contribution in [0.1, 0.15) is 10.4 Å². The van der Waals surface area contributed by atoms with Gasteiger partial charge in [-0.05, 0) is 47.6 Å². The first-order chi connectivity index (χ1) is 9.42. The van der Waals surface area contributed by atoms with Gasteiger partial charge in [-0.15, -0.1) is 11.3 Å². The van der Waals surface area contributed by atoms with Crippen LogP contribution in [-0.4, -0.2) is 20.4 Å². The fraction of sp³-hybridized carbons (Fsp3) is 0.250. The predicted octanol–water partition coefficient (Wildman–Crippen LogP) is 2.73. The molecule has 0 aromatic carbocycles. The van der Waals surface area contributed by atoms with E-state index in [-0.39, 0.29) is 4.90 Å². The lowest BCUT2D eigenvalue weighted by molar-refractivity contribution is 0.601. The molecule has 2 aromatic heterocycles. The molecule has 108 valence electrons. The SMILES string of the molecule is CNCc1cc(S(=O)(=O)Nc2ncc(Br)cc2C)cs1. The van der Waals surface area contributed by atoms with Crippen LogP contribution in [0.2, 0.25) is 0 Å². The third-order valence-corrected chi connectivity index (χ3v) is 5.40. The molecule has 20 heavy (non-hydrogen) atoms. The van der Waals surface area contributed by atoms with Gasteiger partial charge in [0, 0.05) is 27.5 Å². The second-order valence-electron chi connectivity index (χ2n) is 4.20. The van der Waals surface area contributed by atoms with Crippen LogP contribution in [0.4, 0.5) is 5.82 Å². The second-order valence-corrected chi connectivity index (χ2v) is 7.80. The van der Waals surface area contributed by atoms with Crippen molar-refractivity contribution in [2.75, 3.05) is 11.8 Å². The summed E-state index contributed by atoms with van der Waals surface area (Å²) < 4.78 is 27.9. The minimum Gasteiger partial charge on any atom is -0.315 e. The number of halogens is 1. The zero-order valence-electron chi connectivity index (χ0n) is 11.0. The molecular weight excluding hydrogens is 362 g/mol. The molecule has 0 aliphatic carbocycles. The molecule has 0 aliphatic heterocycles. The van der Waals surface area contributed by atoms with Crippen molar-refractivity contribution >= 4 is 43.1 Å². The first-order valence-corrected chi connectivity index (χ1v) is 8.95. The summed E-state index contributed by atoms with van der Waals surface area (Å²) in [5.74, 6) is 0.342. The summed E-state index contributed by atoms with van der Waals surface area (Å²) in [5.41, 5.74) is 0.758. The Morgan fingerprint density at radius 3 is 2.80 bits per heavy atom. The summed E-state index contributed by atoms with van der Waals surface area (Å²) >= 11 is 4.71. The van der Waals surface area contributed by atoms with Crippen molar-refractivity contribution in [1.82, 2.24) is 10.3 Å². The molecule has 0 unspecified atom stereocenters.